The molecular formula is C33H31ClF2N4O4. The van der Waals surface area contributed by atoms with Crippen molar-refractivity contribution in [2.45, 2.75) is 56.8 Å². The van der Waals surface area contributed by atoms with Crippen LogP contribution < -0.4 is 10.2 Å². The molecule has 2 aromatic carbocycles. The van der Waals surface area contributed by atoms with E-state index in [0.29, 0.717) is 51.3 Å². The summed E-state index contributed by atoms with van der Waals surface area (Å²) in [5.74, 6) is -0.454. The van der Waals surface area contributed by atoms with Gasteiger partial charge in [-0.1, -0.05) is 35.9 Å². The van der Waals surface area contributed by atoms with Gasteiger partial charge in [-0.25, -0.2) is 8.78 Å². The Kier molecular flexibility index (Phi) is 7.37. The third-order valence-corrected chi connectivity index (χ3v) is 9.71. The Morgan fingerprint density at radius 3 is 2.57 bits per heavy atom. The maximum atomic E-state index is 14.0. The van der Waals surface area contributed by atoms with Crippen LogP contribution in [-0.2, 0) is 28.2 Å². The van der Waals surface area contributed by atoms with Crippen LogP contribution in [0.4, 0.5) is 14.5 Å². The molecule has 1 spiro atoms. The van der Waals surface area contributed by atoms with E-state index in [1.807, 2.05) is 47.4 Å². The lowest BCUT2D eigenvalue weighted by Crippen LogP contribution is -2.65. The Morgan fingerprint density at radius 1 is 1.05 bits per heavy atom. The molecule has 2 fully saturated rings. The molecular weight excluding hydrogens is 590 g/mol. The van der Waals surface area contributed by atoms with Crippen LogP contribution in [0.15, 0.2) is 54.7 Å². The number of alkyl halides is 2. The Morgan fingerprint density at radius 2 is 1.80 bits per heavy atom. The van der Waals surface area contributed by atoms with E-state index in [1.54, 1.807) is 4.90 Å². The summed E-state index contributed by atoms with van der Waals surface area (Å²) < 4.78 is 32.3. The van der Waals surface area contributed by atoms with Gasteiger partial charge in [-0.3, -0.25) is 19.4 Å². The highest BCUT2D eigenvalue weighted by Crippen LogP contribution is 2.48. The van der Waals surface area contributed by atoms with E-state index in [4.69, 9.17) is 16.3 Å². The van der Waals surface area contributed by atoms with E-state index in [1.165, 1.54) is 6.07 Å². The van der Waals surface area contributed by atoms with Crippen LogP contribution >= 0.6 is 11.6 Å². The normalized spacial score (nSPS) is 21.8. The number of benzene rings is 2. The number of fused-ring (bicyclic) bond motifs is 3. The number of rotatable bonds is 6. The summed E-state index contributed by atoms with van der Waals surface area (Å²) in [4.78, 5) is 47.4. The molecule has 0 bridgehead atoms. The highest BCUT2D eigenvalue weighted by Gasteiger charge is 2.59. The molecule has 3 amide bonds. The molecule has 1 aromatic heterocycles. The van der Waals surface area contributed by atoms with Gasteiger partial charge in [0.2, 0.25) is 5.91 Å². The maximum absolute atomic E-state index is 14.0. The van der Waals surface area contributed by atoms with E-state index in [2.05, 4.69) is 10.3 Å². The van der Waals surface area contributed by atoms with Crippen molar-refractivity contribution in [2.75, 3.05) is 24.5 Å². The van der Waals surface area contributed by atoms with Crippen molar-refractivity contribution < 1.29 is 27.9 Å². The number of hydrogen-bond acceptors (Lipinski definition) is 5. The predicted octanol–water partition coefficient (Wildman–Crippen LogP) is 5.43. The summed E-state index contributed by atoms with van der Waals surface area (Å²) in [5, 5.41) is 2.99. The summed E-state index contributed by atoms with van der Waals surface area (Å²) in [6.07, 6.45) is 1.09. The third kappa shape index (κ3) is 4.94. The van der Waals surface area contributed by atoms with E-state index in [-0.39, 0.29) is 34.4 Å². The first-order chi connectivity index (χ1) is 21.2. The molecule has 3 aromatic rings. The van der Waals surface area contributed by atoms with Crippen molar-refractivity contribution >= 4 is 35.0 Å². The molecule has 4 heterocycles. The molecule has 1 aliphatic carbocycles. The number of aromatic nitrogens is 1. The average molecular weight is 621 g/mol. The number of nitrogens with zero attached hydrogens (tertiary/aromatic N) is 3. The Bertz CT molecular complexity index is 1650. The number of pyridine rings is 1. The summed E-state index contributed by atoms with van der Waals surface area (Å²) in [7, 11) is 0. The Hall–Kier alpha value is -3.89. The van der Waals surface area contributed by atoms with Crippen molar-refractivity contribution in [1.29, 1.82) is 0 Å². The smallest absolute Gasteiger partial charge is 0.281 e. The van der Waals surface area contributed by atoms with Gasteiger partial charge in [-0.2, -0.15) is 0 Å². The van der Waals surface area contributed by atoms with Crippen LogP contribution in [0.1, 0.15) is 75.2 Å². The topological polar surface area (TPSA) is 91.8 Å². The number of likely N-dealkylation sites (tertiary alicyclic amines) is 1. The maximum Gasteiger partial charge on any atom is 0.281 e. The fourth-order valence-corrected chi connectivity index (χ4v) is 7.29. The monoisotopic (exact) mass is 620 g/mol. The van der Waals surface area contributed by atoms with Crippen molar-refractivity contribution in [3.8, 4) is 0 Å². The molecule has 44 heavy (non-hydrogen) atoms. The van der Waals surface area contributed by atoms with Gasteiger partial charge >= 0.3 is 0 Å². The van der Waals surface area contributed by atoms with Crippen LogP contribution in [0.2, 0.25) is 5.02 Å². The minimum absolute atomic E-state index is 0.0218. The second-order valence-corrected chi connectivity index (χ2v) is 12.7. The van der Waals surface area contributed by atoms with Gasteiger partial charge in [0.15, 0.2) is 0 Å². The van der Waals surface area contributed by atoms with E-state index in [9.17, 15) is 23.2 Å². The average Bonchev–Trinajstić information content (AvgIpc) is 3.57. The van der Waals surface area contributed by atoms with Crippen LogP contribution in [0.5, 0.6) is 0 Å². The van der Waals surface area contributed by atoms with Gasteiger partial charge in [0.1, 0.15) is 11.1 Å². The van der Waals surface area contributed by atoms with Crippen LogP contribution in [0.3, 0.4) is 0 Å². The van der Waals surface area contributed by atoms with Gasteiger partial charge < -0.3 is 19.9 Å². The zero-order valence-corrected chi connectivity index (χ0v) is 24.7. The fraction of sp³-hybridized carbons (Fsp3) is 0.394. The standard InChI is InChI=1S/C33H31ClF2N4O4/c34-23-12-25(28(29(35)36)37-13-23)30(41)38-24-9-5-19(6-10-24)14-40-27-4-2-1-3-26(27)33(32(40)43)17-39(18-33)31(42)20-7-8-21-15-44-16-22(21)11-20/h1-4,7-8,11-13,19,24,29H,5-6,9-10,14-18H2,(H,38,41). The lowest BCUT2D eigenvalue weighted by atomic mass is 9.74. The summed E-state index contributed by atoms with van der Waals surface area (Å²) >= 11 is 5.92. The number of carbonyl (C=O) groups excluding carboxylic acids is 3. The van der Waals surface area contributed by atoms with Crippen LogP contribution in [0.25, 0.3) is 0 Å². The Labute approximate surface area is 258 Å². The minimum atomic E-state index is -2.89. The zero-order chi connectivity index (χ0) is 30.6. The number of anilines is 1. The number of nitrogens with one attached hydrogen (secondary N) is 1. The van der Waals surface area contributed by atoms with E-state index in [0.717, 1.165) is 41.4 Å². The molecule has 0 atom stereocenters. The minimum Gasteiger partial charge on any atom is -0.372 e. The van der Waals surface area contributed by atoms with Gasteiger partial charge in [0.05, 0.1) is 23.8 Å². The zero-order valence-electron chi connectivity index (χ0n) is 23.9. The molecule has 7 rings (SSSR count). The molecule has 1 saturated carbocycles. The highest BCUT2D eigenvalue weighted by molar-refractivity contribution is 6.30. The molecule has 1 saturated heterocycles. The molecule has 0 radical (unpaired) electrons. The second-order valence-electron chi connectivity index (χ2n) is 12.2. The first-order valence-corrected chi connectivity index (χ1v) is 15.3. The first kappa shape index (κ1) is 28.9. The van der Waals surface area contributed by atoms with Crippen LogP contribution in [0, 0.1) is 5.92 Å². The van der Waals surface area contributed by atoms with Crippen molar-refractivity contribution in [2.24, 2.45) is 5.92 Å². The van der Waals surface area contributed by atoms with Crippen molar-refractivity contribution in [3.63, 3.8) is 0 Å². The number of halogens is 3. The highest BCUT2D eigenvalue weighted by atomic mass is 35.5. The predicted molar refractivity (Wildman–Crippen MR) is 159 cm³/mol. The summed E-state index contributed by atoms with van der Waals surface area (Å²) in [5.41, 5.74) is 3.06. The van der Waals surface area contributed by atoms with Gasteiger partial charge in [0, 0.05) is 43.1 Å². The van der Waals surface area contributed by atoms with Crippen molar-refractivity contribution in [1.82, 2.24) is 15.2 Å². The molecule has 0 unspecified atom stereocenters. The molecule has 1 N–H and O–H groups in total. The third-order valence-electron chi connectivity index (χ3n) is 9.50. The summed E-state index contributed by atoms with van der Waals surface area (Å²) in [6.45, 7) is 2.29. The second kappa shape index (κ2) is 11.2. The SMILES string of the molecule is O=C(NC1CCC(CN2C(=O)C3(CN(C(=O)c4ccc5c(c4)COC5)C3)c3ccccc32)CC1)c1cc(Cl)cnc1C(F)F. The quantitative estimate of drug-likeness (QED) is 0.397. The van der Waals surface area contributed by atoms with Crippen molar-refractivity contribution in [3.05, 3.63) is 93.3 Å². The molecule has 3 aliphatic heterocycles. The van der Waals surface area contributed by atoms with E-state index < -0.39 is 23.4 Å². The number of carbonyl (C=O) groups is 3. The van der Waals surface area contributed by atoms with E-state index >= 15 is 0 Å². The first-order valence-electron chi connectivity index (χ1n) is 14.9. The fourth-order valence-electron chi connectivity index (χ4n) is 7.14. The van der Waals surface area contributed by atoms with Crippen LogP contribution in [-0.4, -0.2) is 53.3 Å². The van der Waals surface area contributed by atoms with Gasteiger partial charge in [0.25, 0.3) is 18.2 Å². The van der Waals surface area contributed by atoms with Gasteiger partial charge in [-0.15, -0.1) is 0 Å². The number of para-hydroxylation sites is 1. The molecule has 4 aliphatic rings. The number of ether oxygens (including phenoxy) is 1. The molecule has 11 heteroatoms. The lowest BCUT2D eigenvalue weighted by molar-refractivity contribution is -0.128. The lowest BCUT2D eigenvalue weighted by Gasteiger charge is -2.47. The largest absolute Gasteiger partial charge is 0.372 e. The Balaban J connectivity index is 0.990. The molecule has 8 nitrogen and oxygen atoms in total. The number of hydrogen-bond donors (Lipinski definition) is 1. The molecule has 228 valence electrons. The summed E-state index contributed by atoms with van der Waals surface area (Å²) in [6, 6.07) is 14.5. The van der Waals surface area contributed by atoms with Gasteiger partial charge in [-0.05, 0) is 72.6 Å². The number of amides is 3.